The zero-order chi connectivity index (χ0) is 14.2. The second-order valence-electron chi connectivity index (χ2n) is 5.51. The van der Waals surface area contributed by atoms with Crippen molar-refractivity contribution in [2.75, 3.05) is 13.1 Å². The lowest BCUT2D eigenvalue weighted by atomic mass is 10.1. The fraction of sp³-hybridized carbons (Fsp3) is 0.400. The smallest absolute Gasteiger partial charge is 0.173 e. The molecule has 0 spiro atoms. The molecule has 1 N–H and O–H groups in total. The molecule has 21 heavy (non-hydrogen) atoms. The van der Waals surface area contributed by atoms with Crippen LogP contribution < -0.4 is 9.61 Å². The molecule has 2 fully saturated rings. The molecular formula is C15H16ClN3OS. The maximum atomic E-state index is 5.61. The van der Waals surface area contributed by atoms with E-state index >= 15 is 0 Å². The van der Waals surface area contributed by atoms with Crippen LogP contribution in [0.15, 0.2) is 35.5 Å². The second-order valence-corrected chi connectivity index (χ2v) is 6.75. The monoisotopic (exact) mass is 321 g/mol. The lowest BCUT2D eigenvalue weighted by Gasteiger charge is -2.22. The topological polar surface area (TPSA) is 37.4 Å². The summed E-state index contributed by atoms with van der Waals surface area (Å²) in [7, 11) is 0. The van der Waals surface area contributed by atoms with Crippen LogP contribution in [0.3, 0.4) is 0 Å². The number of fused-ring (bicyclic) bond motifs is 2. The Balaban J connectivity index is 1.70. The van der Waals surface area contributed by atoms with Crippen LogP contribution in [0.1, 0.15) is 12.8 Å². The summed E-state index contributed by atoms with van der Waals surface area (Å²) in [6.07, 6.45) is 5.97. The Labute approximate surface area is 133 Å². The van der Waals surface area contributed by atoms with Gasteiger partial charge in [-0.3, -0.25) is 4.98 Å². The van der Waals surface area contributed by atoms with Gasteiger partial charge in [0.15, 0.2) is 5.75 Å². The molecule has 0 saturated carbocycles. The van der Waals surface area contributed by atoms with E-state index in [0.717, 1.165) is 23.9 Å². The van der Waals surface area contributed by atoms with Crippen LogP contribution in [-0.4, -0.2) is 34.5 Å². The van der Waals surface area contributed by atoms with Gasteiger partial charge in [-0.25, -0.2) is 4.31 Å². The van der Waals surface area contributed by atoms with Gasteiger partial charge in [-0.15, -0.1) is 0 Å². The Morgan fingerprint density at radius 2 is 2.29 bits per heavy atom. The molecule has 4 rings (SSSR count). The standard InChI is InChI=1S/C15H16ClN3OS/c16-20-13-9-17-8-10-2-1-3-14(15(10)13)21-19-7-5-11-12(19)4-6-18-11/h1-3,8-9,11-12,18H,4-7H2. The first-order chi connectivity index (χ1) is 10.4. The van der Waals surface area contributed by atoms with Gasteiger partial charge in [0.1, 0.15) is 11.9 Å². The van der Waals surface area contributed by atoms with E-state index < -0.39 is 0 Å². The average Bonchev–Trinajstić information content (AvgIpc) is 3.12. The average molecular weight is 322 g/mol. The number of aromatic nitrogens is 1. The quantitative estimate of drug-likeness (QED) is 0.879. The second kappa shape index (κ2) is 5.65. The van der Waals surface area contributed by atoms with Crippen LogP contribution in [0, 0.1) is 0 Å². The van der Waals surface area contributed by atoms with Crippen molar-refractivity contribution in [2.45, 2.75) is 29.8 Å². The molecule has 0 amide bonds. The van der Waals surface area contributed by atoms with Gasteiger partial charge in [0.05, 0.1) is 6.20 Å². The van der Waals surface area contributed by atoms with Crippen molar-refractivity contribution < 1.29 is 4.29 Å². The molecular weight excluding hydrogens is 306 g/mol. The van der Waals surface area contributed by atoms with E-state index in [9.17, 15) is 0 Å². The molecule has 110 valence electrons. The van der Waals surface area contributed by atoms with E-state index in [4.69, 9.17) is 16.2 Å². The Morgan fingerprint density at radius 1 is 1.33 bits per heavy atom. The molecule has 2 aliphatic rings. The van der Waals surface area contributed by atoms with Crippen LogP contribution in [0.4, 0.5) is 0 Å². The summed E-state index contributed by atoms with van der Waals surface area (Å²) in [6, 6.07) is 7.51. The lowest BCUT2D eigenvalue weighted by molar-refractivity contribution is 0.434. The minimum absolute atomic E-state index is 0.623. The van der Waals surface area contributed by atoms with Crippen LogP contribution >= 0.6 is 23.8 Å². The molecule has 1 aromatic carbocycles. The molecule has 6 heteroatoms. The molecule has 2 aromatic rings. The fourth-order valence-corrected chi connectivity index (χ4v) is 4.77. The first-order valence-electron chi connectivity index (χ1n) is 7.20. The van der Waals surface area contributed by atoms with Crippen LogP contribution in [0.25, 0.3) is 10.8 Å². The van der Waals surface area contributed by atoms with E-state index in [0.29, 0.717) is 17.8 Å². The maximum absolute atomic E-state index is 5.61. The number of benzene rings is 1. The summed E-state index contributed by atoms with van der Waals surface area (Å²) in [4.78, 5) is 5.35. The van der Waals surface area contributed by atoms with Gasteiger partial charge in [0.2, 0.25) is 0 Å². The van der Waals surface area contributed by atoms with Crippen molar-refractivity contribution >= 4 is 34.6 Å². The third-order valence-electron chi connectivity index (χ3n) is 4.35. The van der Waals surface area contributed by atoms with Crippen molar-refractivity contribution in [3.05, 3.63) is 30.6 Å². The number of rotatable bonds is 3. The maximum Gasteiger partial charge on any atom is 0.173 e. The highest BCUT2D eigenvalue weighted by Gasteiger charge is 2.38. The normalized spacial score (nSPS) is 25.4. The highest BCUT2D eigenvalue weighted by Crippen LogP contribution is 2.40. The van der Waals surface area contributed by atoms with Crippen molar-refractivity contribution in [1.29, 1.82) is 0 Å². The number of nitrogens with one attached hydrogen (secondary N) is 1. The van der Waals surface area contributed by atoms with Gasteiger partial charge in [-0.2, -0.15) is 0 Å². The van der Waals surface area contributed by atoms with E-state index in [2.05, 4.69) is 26.7 Å². The first-order valence-corrected chi connectivity index (χ1v) is 8.28. The SMILES string of the molecule is ClOc1cncc2cccc(SN3CCC4NCCC43)c12. The Kier molecular flexibility index (Phi) is 3.67. The van der Waals surface area contributed by atoms with Gasteiger partial charge in [0.25, 0.3) is 0 Å². The van der Waals surface area contributed by atoms with E-state index in [1.165, 1.54) is 17.7 Å². The summed E-state index contributed by atoms with van der Waals surface area (Å²) in [5.41, 5.74) is 0. The molecule has 0 radical (unpaired) electrons. The van der Waals surface area contributed by atoms with E-state index in [-0.39, 0.29) is 0 Å². The van der Waals surface area contributed by atoms with Gasteiger partial charge in [0, 0.05) is 40.5 Å². The summed E-state index contributed by atoms with van der Waals surface area (Å²) in [6.45, 7) is 2.24. The molecule has 0 bridgehead atoms. The summed E-state index contributed by atoms with van der Waals surface area (Å²) >= 11 is 7.42. The third-order valence-corrected chi connectivity index (χ3v) is 5.74. The highest BCUT2D eigenvalue weighted by atomic mass is 35.5. The minimum Gasteiger partial charge on any atom is -0.383 e. The Morgan fingerprint density at radius 3 is 3.19 bits per heavy atom. The first kappa shape index (κ1) is 13.6. The fourth-order valence-electron chi connectivity index (χ4n) is 3.37. The molecule has 3 heterocycles. The van der Waals surface area contributed by atoms with Crippen molar-refractivity contribution in [3.63, 3.8) is 0 Å². The van der Waals surface area contributed by atoms with Gasteiger partial charge < -0.3 is 9.61 Å². The van der Waals surface area contributed by atoms with E-state index in [1.54, 1.807) is 6.20 Å². The van der Waals surface area contributed by atoms with Crippen molar-refractivity contribution in [2.24, 2.45) is 0 Å². The van der Waals surface area contributed by atoms with Crippen LogP contribution in [-0.2, 0) is 0 Å². The van der Waals surface area contributed by atoms with Crippen LogP contribution in [0.5, 0.6) is 5.75 Å². The zero-order valence-electron chi connectivity index (χ0n) is 11.5. The van der Waals surface area contributed by atoms with E-state index in [1.807, 2.05) is 24.2 Å². The third kappa shape index (κ3) is 2.38. The molecule has 2 atom stereocenters. The predicted octanol–water partition coefficient (Wildman–Crippen LogP) is 3.21. The lowest BCUT2D eigenvalue weighted by Crippen LogP contribution is -2.30. The minimum atomic E-state index is 0.623. The van der Waals surface area contributed by atoms with Gasteiger partial charge >= 0.3 is 0 Å². The van der Waals surface area contributed by atoms with Crippen molar-refractivity contribution in [3.8, 4) is 5.75 Å². The summed E-state index contributed by atoms with van der Waals surface area (Å²) < 4.78 is 7.48. The molecule has 2 unspecified atom stereocenters. The molecule has 1 aromatic heterocycles. The van der Waals surface area contributed by atoms with Crippen LogP contribution in [0.2, 0.25) is 0 Å². The predicted molar refractivity (Wildman–Crippen MR) is 85.6 cm³/mol. The molecule has 0 aliphatic carbocycles. The summed E-state index contributed by atoms with van der Waals surface area (Å²) in [5.74, 6) is 0.623. The largest absolute Gasteiger partial charge is 0.383 e. The van der Waals surface area contributed by atoms with Gasteiger partial charge in [-0.1, -0.05) is 12.1 Å². The van der Waals surface area contributed by atoms with Crippen molar-refractivity contribution in [1.82, 2.24) is 14.6 Å². The molecule has 4 nitrogen and oxygen atoms in total. The number of hydrogen-bond acceptors (Lipinski definition) is 5. The number of pyridine rings is 1. The number of nitrogens with zero attached hydrogens (tertiary/aromatic N) is 2. The molecule has 2 aliphatic heterocycles. The summed E-state index contributed by atoms with van der Waals surface area (Å²) in [5, 5.41) is 5.68. The highest BCUT2D eigenvalue weighted by molar-refractivity contribution is 7.97. The molecule has 2 saturated heterocycles. The Hall–Kier alpha value is -1.01. The Bertz CT molecular complexity index is 663. The number of halogens is 1. The zero-order valence-corrected chi connectivity index (χ0v) is 13.0. The number of hydrogen-bond donors (Lipinski definition) is 1. The van der Waals surface area contributed by atoms with Gasteiger partial charge in [-0.05, 0) is 37.4 Å².